The molecule has 3 aliphatic carbocycles. The van der Waals surface area contributed by atoms with E-state index in [4.69, 9.17) is 14.7 Å². The summed E-state index contributed by atoms with van der Waals surface area (Å²) >= 11 is 1.78. The number of hydrogen-bond donors (Lipinski definition) is 0. The zero-order valence-corrected chi connectivity index (χ0v) is 28.7. The Balaban J connectivity index is 1.17. The Kier molecular flexibility index (Phi) is 6.29. The number of rotatable bonds is 3. The lowest BCUT2D eigenvalue weighted by molar-refractivity contribution is 0.436. The van der Waals surface area contributed by atoms with Crippen molar-refractivity contribution in [2.75, 3.05) is 0 Å². The van der Waals surface area contributed by atoms with E-state index in [-0.39, 0.29) is 0 Å². The molecule has 0 amide bonds. The second kappa shape index (κ2) is 11.1. The van der Waals surface area contributed by atoms with Crippen LogP contribution in [0.4, 0.5) is 0 Å². The Morgan fingerprint density at radius 2 is 1.43 bits per heavy atom. The molecule has 0 saturated carbocycles. The monoisotopic (exact) mass is 672 g/mol. The maximum atomic E-state index is 6.90. The molecule has 11 rings (SSSR count). The SMILES string of the molecule is C1=CCC(C2=C(c3nc(-c4ccc5c(c4)Oc4ccccc4C54c5ccccc5-c5ccccc54)c4sc5ccccc5c4n3)CCC=C2)C=C1. The largest absolute Gasteiger partial charge is 0.457 e. The van der Waals surface area contributed by atoms with Gasteiger partial charge < -0.3 is 4.74 Å². The van der Waals surface area contributed by atoms with Crippen molar-refractivity contribution in [1.82, 2.24) is 9.97 Å². The third-order valence-electron chi connectivity index (χ3n) is 11.2. The van der Waals surface area contributed by atoms with Gasteiger partial charge in [0.15, 0.2) is 5.82 Å². The predicted octanol–water partition coefficient (Wildman–Crippen LogP) is 12.2. The number of para-hydroxylation sites is 1. The molecule has 7 aromatic rings. The van der Waals surface area contributed by atoms with Crippen LogP contribution in [0.25, 0.3) is 48.3 Å². The van der Waals surface area contributed by atoms with Gasteiger partial charge in [0.1, 0.15) is 11.5 Å². The Bertz CT molecular complexity index is 2680. The van der Waals surface area contributed by atoms with Crippen LogP contribution in [0.3, 0.4) is 0 Å². The molecule has 0 radical (unpaired) electrons. The summed E-state index contributed by atoms with van der Waals surface area (Å²) in [5.74, 6) is 2.92. The second-order valence-electron chi connectivity index (χ2n) is 13.9. The van der Waals surface area contributed by atoms with E-state index in [2.05, 4.69) is 152 Å². The van der Waals surface area contributed by atoms with Crippen LogP contribution >= 0.6 is 11.3 Å². The van der Waals surface area contributed by atoms with E-state index in [1.165, 1.54) is 49.0 Å². The van der Waals surface area contributed by atoms with Crippen LogP contribution < -0.4 is 4.74 Å². The van der Waals surface area contributed by atoms with Gasteiger partial charge in [-0.2, -0.15) is 0 Å². The molecule has 1 aliphatic heterocycles. The molecule has 0 saturated heterocycles. The molecule has 1 spiro atoms. The molecule has 1 atom stereocenters. The molecular formula is C47H32N2OS. The van der Waals surface area contributed by atoms with Gasteiger partial charge in [0.2, 0.25) is 0 Å². The first-order valence-electron chi connectivity index (χ1n) is 17.8. The van der Waals surface area contributed by atoms with Gasteiger partial charge in [-0.15, -0.1) is 11.3 Å². The van der Waals surface area contributed by atoms with Crippen molar-refractivity contribution in [2.45, 2.75) is 24.7 Å². The summed E-state index contributed by atoms with van der Waals surface area (Å²) in [6.07, 6.45) is 16.4. The molecule has 5 aromatic carbocycles. The molecule has 4 heteroatoms. The van der Waals surface area contributed by atoms with Gasteiger partial charge >= 0.3 is 0 Å². The normalized spacial score (nSPS) is 17.8. The third-order valence-corrected chi connectivity index (χ3v) is 12.4. The van der Waals surface area contributed by atoms with Crippen LogP contribution in [0, 0.1) is 5.92 Å². The predicted molar refractivity (Wildman–Crippen MR) is 209 cm³/mol. The molecule has 1 unspecified atom stereocenters. The van der Waals surface area contributed by atoms with Gasteiger partial charge in [0.05, 0.1) is 21.3 Å². The molecular weight excluding hydrogens is 641 g/mol. The third kappa shape index (κ3) is 4.11. The fraction of sp³-hybridized carbons (Fsp3) is 0.106. The van der Waals surface area contributed by atoms with Crippen LogP contribution in [0.15, 0.2) is 157 Å². The van der Waals surface area contributed by atoms with Gasteiger partial charge in [-0.1, -0.05) is 134 Å². The topological polar surface area (TPSA) is 35.0 Å². The summed E-state index contributed by atoms with van der Waals surface area (Å²) < 4.78 is 9.23. The zero-order valence-electron chi connectivity index (χ0n) is 27.8. The molecule has 0 fully saturated rings. The lowest BCUT2D eigenvalue weighted by atomic mass is 9.66. The molecule has 0 bridgehead atoms. The summed E-state index contributed by atoms with van der Waals surface area (Å²) in [6.45, 7) is 0. The van der Waals surface area contributed by atoms with Crippen molar-refractivity contribution in [3.63, 3.8) is 0 Å². The van der Waals surface area contributed by atoms with Gasteiger partial charge in [0.25, 0.3) is 0 Å². The van der Waals surface area contributed by atoms with Crippen molar-refractivity contribution < 1.29 is 4.74 Å². The Labute approximate surface area is 300 Å². The fourth-order valence-corrected chi connectivity index (χ4v) is 10.2. The van der Waals surface area contributed by atoms with E-state index in [1.807, 2.05) is 0 Å². The highest BCUT2D eigenvalue weighted by atomic mass is 32.1. The minimum atomic E-state index is -0.490. The molecule has 242 valence electrons. The number of nitrogens with zero attached hydrogens (tertiary/aromatic N) is 2. The van der Waals surface area contributed by atoms with Crippen molar-refractivity contribution in [1.29, 1.82) is 0 Å². The minimum absolute atomic E-state index is 0.328. The van der Waals surface area contributed by atoms with Crippen molar-refractivity contribution in [3.05, 3.63) is 185 Å². The lowest BCUT2D eigenvalue weighted by Crippen LogP contribution is -2.32. The summed E-state index contributed by atoms with van der Waals surface area (Å²) in [4.78, 5) is 10.9. The highest BCUT2D eigenvalue weighted by Gasteiger charge is 2.51. The second-order valence-corrected chi connectivity index (χ2v) is 14.9. The lowest BCUT2D eigenvalue weighted by Gasteiger charge is -2.39. The van der Waals surface area contributed by atoms with Gasteiger partial charge in [-0.05, 0) is 65.3 Å². The summed E-state index contributed by atoms with van der Waals surface area (Å²) in [6, 6.07) is 41.8. The maximum absolute atomic E-state index is 6.90. The van der Waals surface area contributed by atoms with Crippen LogP contribution in [-0.4, -0.2) is 9.97 Å². The maximum Gasteiger partial charge on any atom is 0.156 e. The van der Waals surface area contributed by atoms with Crippen LogP contribution in [0.2, 0.25) is 0 Å². The number of ether oxygens (including phenoxy) is 1. The summed E-state index contributed by atoms with van der Waals surface area (Å²) in [7, 11) is 0. The van der Waals surface area contributed by atoms with E-state index >= 15 is 0 Å². The molecule has 3 heterocycles. The number of hydrogen-bond acceptors (Lipinski definition) is 4. The van der Waals surface area contributed by atoms with Gasteiger partial charge in [-0.3, -0.25) is 0 Å². The highest BCUT2D eigenvalue weighted by molar-refractivity contribution is 7.26. The van der Waals surface area contributed by atoms with Gasteiger partial charge in [0, 0.05) is 38.3 Å². The highest BCUT2D eigenvalue weighted by Crippen LogP contribution is 2.62. The van der Waals surface area contributed by atoms with Crippen molar-refractivity contribution in [2.24, 2.45) is 5.92 Å². The number of allylic oxidation sites excluding steroid dienone is 8. The van der Waals surface area contributed by atoms with Crippen molar-refractivity contribution in [3.8, 4) is 33.9 Å². The Morgan fingerprint density at radius 1 is 0.686 bits per heavy atom. The molecule has 51 heavy (non-hydrogen) atoms. The average molecular weight is 673 g/mol. The Hall–Kier alpha value is -5.84. The standard InChI is InChI=1S/C47H32N2OS/c1-2-14-29(15-3-1)31-16-4-5-19-34(31)46-48-43(45-44(49-46)35-20-8-13-25-42(35)51-45)30-26-27-39-41(28-30)50-40-24-12-11-23-38(40)47(39)36-21-9-6-17-32(36)33-18-7-10-22-37(33)47/h1-4,6-14,16-18,20-29H,5,15,19H2. The molecule has 2 aromatic heterocycles. The number of aromatic nitrogens is 2. The number of thiophene rings is 1. The van der Waals surface area contributed by atoms with E-state index in [0.717, 1.165) is 63.6 Å². The smallest absolute Gasteiger partial charge is 0.156 e. The van der Waals surface area contributed by atoms with Crippen molar-refractivity contribution >= 4 is 37.2 Å². The fourth-order valence-electron chi connectivity index (χ4n) is 9.01. The van der Waals surface area contributed by atoms with Gasteiger partial charge in [-0.25, -0.2) is 9.97 Å². The minimum Gasteiger partial charge on any atom is -0.457 e. The first-order chi connectivity index (χ1) is 25.3. The number of benzene rings is 5. The van der Waals surface area contributed by atoms with E-state index in [0.29, 0.717) is 5.92 Å². The van der Waals surface area contributed by atoms with E-state index < -0.39 is 5.41 Å². The van der Waals surface area contributed by atoms with E-state index in [9.17, 15) is 0 Å². The molecule has 0 N–H and O–H groups in total. The Morgan fingerprint density at radius 3 is 2.25 bits per heavy atom. The average Bonchev–Trinajstić information content (AvgIpc) is 3.72. The first-order valence-corrected chi connectivity index (χ1v) is 18.6. The van der Waals surface area contributed by atoms with Crippen LogP contribution in [0.1, 0.15) is 47.3 Å². The molecule has 4 aliphatic rings. The quantitative estimate of drug-likeness (QED) is 0.187. The van der Waals surface area contributed by atoms with Crippen LogP contribution in [0.5, 0.6) is 11.5 Å². The van der Waals surface area contributed by atoms with Crippen LogP contribution in [-0.2, 0) is 5.41 Å². The summed E-state index contributed by atoms with van der Waals surface area (Å²) in [5, 5.41) is 1.18. The summed E-state index contributed by atoms with van der Waals surface area (Å²) in [5.41, 5.74) is 12.6. The number of fused-ring (bicyclic) bond motifs is 12. The zero-order chi connectivity index (χ0) is 33.5. The van der Waals surface area contributed by atoms with E-state index in [1.54, 1.807) is 11.3 Å². The molecule has 3 nitrogen and oxygen atoms in total. The first kappa shape index (κ1) is 28.9.